The van der Waals surface area contributed by atoms with E-state index in [2.05, 4.69) is 11.5 Å². The Balaban J connectivity index is 1.25. The van der Waals surface area contributed by atoms with E-state index in [-0.39, 0.29) is 30.9 Å². The number of nitrogens with one attached hydrogen (secondary N) is 1. The van der Waals surface area contributed by atoms with Gasteiger partial charge in [0, 0.05) is 21.9 Å². The number of hydrazine groups is 1. The summed E-state index contributed by atoms with van der Waals surface area (Å²) in [4.78, 5) is 39.6. The van der Waals surface area contributed by atoms with Crippen LogP contribution < -0.4 is 10.2 Å². The number of carbonyl (C=O) groups excluding carboxylic acids is 3. The maximum Gasteiger partial charge on any atom is 0.338 e. The van der Waals surface area contributed by atoms with Gasteiger partial charge in [0.25, 0.3) is 11.8 Å². The smallest absolute Gasteiger partial charge is 0.338 e. The summed E-state index contributed by atoms with van der Waals surface area (Å²) in [5.74, 6) is -0.257. The first-order valence-electron chi connectivity index (χ1n) is 11.5. The minimum atomic E-state index is -0.356. The van der Waals surface area contributed by atoms with Crippen LogP contribution in [0.15, 0.2) is 70.5 Å². The number of rotatable bonds is 7. The predicted octanol–water partition coefficient (Wildman–Crippen LogP) is 4.29. The van der Waals surface area contributed by atoms with Gasteiger partial charge in [-0.3, -0.25) is 9.59 Å². The van der Waals surface area contributed by atoms with Crippen LogP contribution in [0.25, 0.3) is 0 Å². The molecule has 0 radical (unpaired) electrons. The molecular weight excluding hydrogens is 464 g/mol. The average Bonchev–Trinajstić information content (AvgIpc) is 3.00. The Kier molecular flexibility index (Phi) is 6.57. The standard InChI is InChI=1S/C27H24N2O5S/c1-2-33-27(32)20-9-5-11-23-17(20)13-14-21-22(10-6-12-24(21)35-23)34-16-15-28-29-25(30)18-7-3-4-8-19(18)26(29)31/h3-12,28H,2,13-16H2,1H3. The minimum Gasteiger partial charge on any atom is -0.492 e. The number of fused-ring (bicyclic) bond motifs is 3. The normalized spacial score (nSPS) is 14.1. The summed E-state index contributed by atoms with van der Waals surface area (Å²) in [6, 6.07) is 18.4. The Labute approximate surface area is 207 Å². The molecule has 2 amide bonds. The second kappa shape index (κ2) is 9.93. The van der Waals surface area contributed by atoms with Crippen molar-refractivity contribution in [2.45, 2.75) is 29.6 Å². The highest BCUT2D eigenvalue weighted by Gasteiger charge is 2.35. The quantitative estimate of drug-likeness (QED) is 0.302. The Morgan fingerprint density at radius 2 is 1.57 bits per heavy atom. The van der Waals surface area contributed by atoms with E-state index in [1.807, 2.05) is 30.3 Å². The summed E-state index contributed by atoms with van der Waals surface area (Å²) in [5, 5.41) is 1.04. The first-order chi connectivity index (χ1) is 17.1. The van der Waals surface area contributed by atoms with E-state index in [1.54, 1.807) is 43.0 Å². The molecule has 2 heterocycles. The van der Waals surface area contributed by atoms with Gasteiger partial charge in [0.2, 0.25) is 0 Å². The third-order valence-electron chi connectivity index (χ3n) is 5.99. The molecule has 0 unspecified atom stereocenters. The van der Waals surface area contributed by atoms with Crippen LogP contribution in [0.1, 0.15) is 49.1 Å². The average molecular weight is 489 g/mol. The van der Waals surface area contributed by atoms with Gasteiger partial charge >= 0.3 is 5.97 Å². The molecule has 2 aliphatic rings. The zero-order valence-electron chi connectivity index (χ0n) is 19.2. The minimum absolute atomic E-state index is 0.273. The predicted molar refractivity (Wildman–Crippen MR) is 131 cm³/mol. The van der Waals surface area contributed by atoms with E-state index in [1.165, 1.54) is 0 Å². The highest BCUT2D eigenvalue weighted by Crippen LogP contribution is 2.41. The Bertz CT molecular complexity index is 1290. The molecule has 0 aromatic heterocycles. The number of hydrogen-bond acceptors (Lipinski definition) is 7. The van der Waals surface area contributed by atoms with E-state index < -0.39 is 0 Å². The molecule has 0 aliphatic carbocycles. The zero-order chi connectivity index (χ0) is 24.4. The molecule has 7 nitrogen and oxygen atoms in total. The van der Waals surface area contributed by atoms with E-state index in [0.717, 1.165) is 31.7 Å². The maximum absolute atomic E-state index is 12.5. The summed E-state index contributed by atoms with van der Waals surface area (Å²) in [6.45, 7) is 2.70. The molecular formula is C27H24N2O5S. The van der Waals surface area contributed by atoms with Crippen molar-refractivity contribution in [3.05, 3.63) is 88.5 Å². The number of ether oxygens (including phenoxy) is 2. The second-order valence-electron chi connectivity index (χ2n) is 8.09. The van der Waals surface area contributed by atoms with Gasteiger partial charge in [0.1, 0.15) is 12.4 Å². The third kappa shape index (κ3) is 4.42. The molecule has 0 saturated carbocycles. The van der Waals surface area contributed by atoms with Gasteiger partial charge in [0.15, 0.2) is 0 Å². The lowest BCUT2D eigenvalue weighted by Gasteiger charge is -2.17. The molecule has 0 spiro atoms. The van der Waals surface area contributed by atoms with Crippen LogP contribution in [-0.4, -0.2) is 42.6 Å². The van der Waals surface area contributed by atoms with Gasteiger partial charge < -0.3 is 9.47 Å². The van der Waals surface area contributed by atoms with Crippen molar-refractivity contribution >= 4 is 29.5 Å². The van der Waals surface area contributed by atoms with Crippen LogP contribution in [0.4, 0.5) is 0 Å². The van der Waals surface area contributed by atoms with E-state index in [0.29, 0.717) is 36.1 Å². The molecule has 3 aromatic rings. The van der Waals surface area contributed by atoms with Crippen LogP contribution in [0.5, 0.6) is 5.75 Å². The van der Waals surface area contributed by atoms with Crippen LogP contribution in [0.2, 0.25) is 0 Å². The molecule has 35 heavy (non-hydrogen) atoms. The molecule has 0 fully saturated rings. The summed E-state index contributed by atoms with van der Waals surface area (Å²) in [5.41, 5.74) is 6.36. The lowest BCUT2D eigenvalue weighted by Crippen LogP contribution is -2.44. The van der Waals surface area contributed by atoms with E-state index >= 15 is 0 Å². The van der Waals surface area contributed by atoms with Crippen LogP contribution in [0, 0.1) is 0 Å². The van der Waals surface area contributed by atoms with Crippen molar-refractivity contribution in [3.8, 4) is 5.75 Å². The highest BCUT2D eigenvalue weighted by molar-refractivity contribution is 7.99. The number of carbonyl (C=O) groups is 3. The molecule has 0 bridgehead atoms. The van der Waals surface area contributed by atoms with Crippen molar-refractivity contribution in [2.75, 3.05) is 19.8 Å². The first-order valence-corrected chi connectivity index (χ1v) is 12.3. The van der Waals surface area contributed by atoms with Crippen molar-refractivity contribution in [3.63, 3.8) is 0 Å². The van der Waals surface area contributed by atoms with Crippen molar-refractivity contribution in [1.29, 1.82) is 0 Å². The Morgan fingerprint density at radius 1 is 0.914 bits per heavy atom. The molecule has 8 heteroatoms. The Morgan fingerprint density at radius 3 is 2.29 bits per heavy atom. The van der Waals surface area contributed by atoms with Crippen LogP contribution in [-0.2, 0) is 17.6 Å². The topological polar surface area (TPSA) is 84.9 Å². The largest absolute Gasteiger partial charge is 0.492 e. The lowest BCUT2D eigenvalue weighted by molar-refractivity contribution is 0.0521. The summed E-state index contributed by atoms with van der Waals surface area (Å²) in [7, 11) is 0. The Hall–Kier alpha value is -3.62. The fourth-order valence-corrected chi connectivity index (χ4v) is 5.55. The number of nitrogens with zero attached hydrogens (tertiary/aromatic N) is 1. The summed E-state index contributed by atoms with van der Waals surface area (Å²) >= 11 is 1.62. The lowest BCUT2D eigenvalue weighted by atomic mass is 9.99. The van der Waals surface area contributed by atoms with E-state index in [9.17, 15) is 14.4 Å². The maximum atomic E-state index is 12.5. The van der Waals surface area contributed by atoms with Gasteiger partial charge in [0.05, 0.1) is 23.3 Å². The highest BCUT2D eigenvalue weighted by atomic mass is 32.2. The zero-order valence-corrected chi connectivity index (χ0v) is 20.0. The van der Waals surface area contributed by atoms with Crippen molar-refractivity contribution in [2.24, 2.45) is 0 Å². The SMILES string of the molecule is CCOC(=O)c1cccc2c1CCc1c(OCCNN3C(=O)c4ccccc4C3=O)cccc1S2. The summed E-state index contributed by atoms with van der Waals surface area (Å²) < 4.78 is 11.3. The first kappa shape index (κ1) is 23.1. The van der Waals surface area contributed by atoms with Gasteiger partial charge in [-0.2, -0.15) is 0 Å². The molecule has 0 saturated heterocycles. The fourth-order valence-electron chi connectivity index (χ4n) is 4.36. The second-order valence-corrected chi connectivity index (χ2v) is 9.17. The number of esters is 1. The molecule has 5 rings (SSSR count). The van der Waals surface area contributed by atoms with Crippen LogP contribution in [0.3, 0.4) is 0 Å². The monoisotopic (exact) mass is 488 g/mol. The van der Waals surface area contributed by atoms with Gasteiger partial charge in [-0.15, -0.1) is 0 Å². The molecule has 2 aliphatic heterocycles. The molecule has 3 aromatic carbocycles. The molecule has 178 valence electrons. The van der Waals surface area contributed by atoms with Crippen molar-refractivity contribution < 1.29 is 23.9 Å². The molecule has 1 N–H and O–H groups in total. The number of imide groups is 1. The van der Waals surface area contributed by atoms with Crippen LogP contribution >= 0.6 is 11.8 Å². The number of amides is 2. The van der Waals surface area contributed by atoms with Gasteiger partial charge in [-0.1, -0.05) is 36.0 Å². The number of hydrogen-bond donors (Lipinski definition) is 1. The fraction of sp³-hybridized carbons (Fsp3) is 0.222. The number of benzene rings is 3. The molecule has 0 atom stereocenters. The third-order valence-corrected chi connectivity index (χ3v) is 7.19. The van der Waals surface area contributed by atoms with Gasteiger partial charge in [-0.25, -0.2) is 15.2 Å². The van der Waals surface area contributed by atoms with Crippen molar-refractivity contribution in [1.82, 2.24) is 10.4 Å². The summed E-state index contributed by atoms with van der Waals surface area (Å²) in [6.07, 6.45) is 1.41. The van der Waals surface area contributed by atoms with E-state index in [4.69, 9.17) is 9.47 Å². The van der Waals surface area contributed by atoms with Gasteiger partial charge in [-0.05, 0) is 61.7 Å².